The number of nitrogens with one attached hydrogen (secondary N) is 1. The number of likely N-dealkylation sites (tertiary alicyclic amines) is 1. The molecule has 146 valence electrons. The van der Waals surface area contributed by atoms with E-state index in [4.69, 9.17) is 14.5 Å². The van der Waals surface area contributed by atoms with Crippen molar-refractivity contribution in [3.63, 3.8) is 0 Å². The molecule has 1 aliphatic heterocycles. The van der Waals surface area contributed by atoms with Gasteiger partial charge in [0, 0.05) is 30.3 Å². The molecule has 0 spiro atoms. The molecule has 27 heavy (non-hydrogen) atoms. The van der Waals surface area contributed by atoms with Gasteiger partial charge in [0.05, 0.1) is 14.2 Å². The van der Waals surface area contributed by atoms with E-state index in [1.807, 2.05) is 26.0 Å². The zero-order valence-electron chi connectivity index (χ0n) is 16.7. The number of ether oxygens (including phenoxy) is 2. The third-order valence-electron chi connectivity index (χ3n) is 5.34. The van der Waals surface area contributed by atoms with Crippen molar-refractivity contribution in [3.8, 4) is 11.5 Å². The first-order chi connectivity index (χ1) is 13.0. The monoisotopic (exact) mass is 371 g/mol. The summed E-state index contributed by atoms with van der Waals surface area (Å²) in [6.07, 6.45) is 2.86. The van der Waals surface area contributed by atoms with Crippen molar-refractivity contribution in [1.82, 2.24) is 14.9 Å². The summed E-state index contributed by atoms with van der Waals surface area (Å²) in [5.74, 6) is 2.58. The fraction of sp³-hybridized carbons (Fsp3) is 0.524. The molecule has 6 heteroatoms. The van der Waals surface area contributed by atoms with Crippen molar-refractivity contribution in [2.45, 2.75) is 45.6 Å². The molecule has 1 saturated heterocycles. The molecule has 1 aromatic heterocycles. The zero-order chi connectivity index (χ0) is 19.4. The number of nitrogens with zero attached hydrogens (tertiary/aromatic N) is 2. The number of aromatic nitrogens is 2. The molecule has 1 N–H and O–H groups in total. The number of piperidine rings is 1. The first-order valence-electron chi connectivity index (χ1n) is 9.58. The molecule has 1 aromatic carbocycles. The molecule has 6 nitrogen and oxygen atoms in total. The summed E-state index contributed by atoms with van der Waals surface area (Å²) in [5.41, 5.74) is 2.84. The molecule has 1 atom stereocenters. The van der Waals surface area contributed by atoms with Gasteiger partial charge in [-0.3, -0.25) is 9.69 Å². The topological polar surface area (TPSA) is 67.5 Å². The van der Waals surface area contributed by atoms with Gasteiger partial charge in [0.2, 0.25) is 0 Å². The highest BCUT2D eigenvalue weighted by atomic mass is 16.5. The van der Waals surface area contributed by atoms with Crippen LogP contribution in [0.15, 0.2) is 23.0 Å². The summed E-state index contributed by atoms with van der Waals surface area (Å²) >= 11 is 0. The van der Waals surface area contributed by atoms with Crippen LogP contribution in [0.1, 0.15) is 48.3 Å². The Morgan fingerprint density at radius 2 is 2.04 bits per heavy atom. The lowest BCUT2D eigenvalue weighted by Gasteiger charge is -2.32. The fourth-order valence-electron chi connectivity index (χ4n) is 3.90. The van der Waals surface area contributed by atoms with E-state index in [9.17, 15) is 4.79 Å². The normalized spacial score (nSPS) is 17.7. The van der Waals surface area contributed by atoms with E-state index in [-0.39, 0.29) is 11.5 Å². The van der Waals surface area contributed by atoms with Crippen LogP contribution < -0.4 is 15.0 Å². The van der Waals surface area contributed by atoms with E-state index in [0.29, 0.717) is 6.42 Å². The Kier molecular flexibility index (Phi) is 6.16. The molecular weight excluding hydrogens is 342 g/mol. The zero-order valence-corrected chi connectivity index (χ0v) is 16.7. The second-order valence-corrected chi connectivity index (χ2v) is 7.13. The predicted octanol–water partition coefficient (Wildman–Crippen LogP) is 3.04. The molecule has 0 radical (unpaired) electrons. The molecule has 1 aliphatic rings. The lowest BCUT2D eigenvalue weighted by Crippen LogP contribution is -2.35. The average Bonchev–Trinajstić information content (AvgIpc) is 2.68. The van der Waals surface area contributed by atoms with Crippen molar-refractivity contribution in [1.29, 1.82) is 0 Å². The third kappa shape index (κ3) is 4.33. The number of rotatable bonds is 6. The summed E-state index contributed by atoms with van der Waals surface area (Å²) in [7, 11) is 3.30. The van der Waals surface area contributed by atoms with Crippen LogP contribution in [0.5, 0.6) is 11.5 Å². The van der Waals surface area contributed by atoms with E-state index in [2.05, 4.69) is 16.0 Å². The van der Waals surface area contributed by atoms with Gasteiger partial charge in [0.25, 0.3) is 5.56 Å². The minimum absolute atomic E-state index is 0.0111. The average molecular weight is 371 g/mol. The molecular formula is C21H29N3O3. The van der Waals surface area contributed by atoms with Gasteiger partial charge in [-0.05, 0) is 50.4 Å². The van der Waals surface area contributed by atoms with Gasteiger partial charge in [0.15, 0.2) is 11.5 Å². The number of methoxy groups -OCH3 is 2. The van der Waals surface area contributed by atoms with Crippen LogP contribution >= 0.6 is 0 Å². The van der Waals surface area contributed by atoms with E-state index in [1.165, 1.54) is 5.56 Å². The van der Waals surface area contributed by atoms with Crippen molar-refractivity contribution >= 4 is 0 Å². The number of hydrogen-bond donors (Lipinski definition) is 1. The third-order valence-corrected chi connectivity index (χ3v) is 5.34. The summed E-state index contributed by atoms with van der Waals surface area (Å²) in [6.45, 7) is 6.70. The lowest BCUT2D eigenvalue weighted by molar-refractivity contribution is 0.196. The summed E-state index contributed by atoms with van der Waals surface area (Å²) < 4.78 is 10.7. The molecule has 2 aromatic rings. The van der Waals surface area contributed by atoms with Crippen LogP contribution in [0.4, 0.5) is 0 Å². The highest BCUT2D eigenvalue weighted by Gasteiger charge is 2.24. The molecule has 0 saturated carbocycles. The van der Waals surface area contributed by atoms with Gasteiger partial charge in [-0.1, -0.05) is 13.0 Å². The van der Waals surface area contributed by atoms with E-state index in [1.54, 1.807) is 14.2 Å². The molecule has 0 aliphatic carbocycles. The van der Waals surface area contributed by atoms with Crippen LogP contribution in [-0.2, 0) is 13.0 Å². The van der Waals surface area contributed by atoms with Gasteiger partial charge in [0.1, 0.15) is 5.82 Å². The van der Waals surface area contributed by atoms with Gasteiger partial charge in [-0.25, -0.2) is 4.98 Å². The quantitative estimate of drug-likeness (QED) is 0.845. The van der Waals surface area contributed by atoms with Crippen LogP contribution in [-0.4, -0.2) is 42.2 Å². The Bertz CT molecular complexity index is 847. The van der Waals surface area contributed by atoms with Gasteiger partial charge in [-0.2, -0.15) is 0 Å². The van der Waals surface area contributed by atoms with Crippen LogP contribution in [0.25, 0.3) is 0 Å². The smallest absolute Gasteiger partial charge is 0.254 e. The molecule has 3 rings (SSSR count). The van der Waals surface area contributed by atoms with E-state index < -0.39 is 0 Å². The fourth-order valence-corrected chi connectivity index (χ4v) is 3.90. The number of H-pyrrole nitrogens is 1. The van der Waals surface area contributed by atoms with Crippen molar-refractivity contribution in [2.24, 2.45) is 0 Å². The minimum Gasteiger partial charge on any atom is -0.493 e. The second kappa shape index (κ2) is 8.57. The standard InChI is InChI=1S/C21H29N3O3/c1-5-17-14(2)22-20(23-21(17)25)16-7-6-10-24(13-16)12-15-8-9-18(26-3)19(11-15)27-4/h8-9,11,16H,5-7,10,12-13H2,1-4H3,(H,22,23,25)/t16-/m0/s1. The summed E-state index contributed by atoms with van der Waals surface area (Å²) in [5, 5.41) is 0. The maximum atomic E-state index is 12.3. The maximum absolute atomic E-state index is 12.3. The largest absolute Gasteiger partial charge is 0.493 e. The van der Waals surface area contributed by atoms with Crippen LogP contribution in [0, 0.1) is 6.92 Å². The Balaban J connectivity index is 1.74. The van der Waals surface area contributed by atoms with Gasteiger partial charge in [-0.15, -0.1) is 0 Å². The number of aromatic amines is 1. The van der Waals surface area contributed by atoms with Gasteiger partial charge < -0.3 is 14.5 Å². The molecule has 2 heterocycles. The Morgan fingerprint density at radius 3 is 2.70 bits per heavy atom. The Hall–Kier alpha value is -2.34. The van der Waals surface area contributed by atoms with Crippen molar-refractivity contribution in [3.05, 3.63) is 51.2 Å². The maximum Gasteiger partial charge on any atom is 0.254 e. The molecule has 0 unspecified atom stereocenters. The van der Waals surface area contributed by atoms with Crippen molar-refractivity contribution in [2.75, 3.05) is 27.3 Å². The first-order valence-corrected chi connectivity index (χ1v) is 9.58. The number of aryl methyl sites for hydroxylation is 1. The Labute approximate surface area is 160 Å². The minimum atomic E-state index is 0.0111. The molecule has 1 fully saturated rings. The highest BCUT2D eigenvalue weighted by Crippen LogP contribution is 2.30. The SMILES string of the molecule is CCc1c(C)nc([C@H]2CCCN(Cc3ccc(OC)c(OC)c3)C2)[nH]c1=O. The summed E-state index contributed by atoms with van der Waals surface area (Å²) in [4.78, 5) is 22.4. The number of benzene rings is 1. The highest BCUT2D eigenvalue weighted by molar-refractivity contribution is 5.42. The molecule has 0 amide bonds. The summed E-state index contributed by atoms with van der Waals surface area (Å²) in [6, 6.07) is 6.05. The van der Waals surface area contributed by atoms with E-state index >= 15 is 0 Å². The van der Waals surface area contributed by atoms with Crippen LogP contribution in [0.3, 0.4) is 0 Å². The van der Waals surface area contributed by atoms with Crippen LogP contribution in [0.2, 0.25) is 0 Å². The van der Waals surface area contributed by atoms with E-state index in [0.717, 1.165) is 61.1 Å². The predicted molar refractivity (Wildman–Crippen MR) is 106 cm³/mol. The lowest BCUT2D eigenvalue weighted by atomic mass is 9.96. The Morgan fingerprint density at radius 1 is 1.26 bits per heavy atom. The second-order valence-electron chi connectivity index (χ2n) is 7.13. The molecule has 0 bridgehead atoms. The van der Waals surface area contributed by atoms with Gasteiger partial charge >= 0.3 is 0 Å². The first kappa shape index (κ1) is 19.4. The number of hydrogen-bond acceptors (Lipinski definition) is 5. The van der Waals surface area contributed by atoms with Crippen molar-refractivity contribution < 1.29 is 9.47 Å².